The highest BCUT2D eigenvalue weighted by molar-refractivity contribution is 5.90. The number of likely N-dealkylation sites (tertiary alicyclic amines) is 1. The number of hydrogen-bond acceptors (Lipinski definition) is 4. The van der Waals surface area contributed by atoms with Crippen LogP contribution in [0.5, 0.6) is 0 Å². The predicted molar refractivity (Wildman–Crippen MR) is 75.6 cm³/mol. The summed E-state index contributed by atoms with van der Waals surface area (Å²) in [6.45, 7) is 3.41. The molecule has 2 amide bonds. The lowest BCUT2D eigenvalue weighted by Crippen LogP contribution is -2.47. The van der Waals surface area contributed by atoms with E-state index in [4.69, 9.17) is 0 Å². The second kappa shape index (κ2) is 5.83. The van der Waals surface area contributed by atoms with Gasteiger partial charge < -0.3 is 10.2 Å². The predicted octanol–water partition coefficient (Wildman–Crippen LogP) is 0.498. The molecular weight excluding hydrogens is 270 g/mol. The van der Waals surface area contributed by atoms with Crippen LogP contribution in [0.15, 0.2) is 0 Å². The second-order valence-corrected chi connectivity index (χ2v) is 5.81. The van der Waals surface area contributed by atoms with Crippen LogP contribution in [0.25, 0.3) is 0 Å². The van der Waals surface area contributed by atoms with Gasteiger partial charge in [-0.05, 0) is 25.7 Å². The summed E-state index contributed by atoms with van der Waals surface area (Å²) in [5.41, 5.74) is 0. The fourth-order valence-electron chi connectivity index (χ4n) is 2.64. The van der Waals surface area contributed by atoms with E-state index in [2.05, 4.69) is 20.5 Å². The Hall–Kier alpha value is -1.92. The van der Waals surface area contributed by atoms with Gasteiger partial charge in [-0.2, -0.15) is 0 Å². The molecule has 0 aromatic carbocycles. The van der Waals surface area contributed by atoms with E-state index in [1.54, 1.807) is 0 Å². The molecule has 0 spiro atoms. The first kappa shape index (κ1) is 14.0. The molecule has 1 aliphatic carbocycles. The van der Waals surface area contributed by atoms with Gasteiger partial charge in [0.1, 0.15) is 5.82 Å². The number of carbonyl (C=O) groups is 2. The molecule has 7 heteroatoms. The van der Waals surface area contributed by atoms with Crippen LogP contribution in [0.2, 0.25) is 0 Å². The summed E-state index contributed by atoms with van der Waals surface area (Å²) in [4.78, 5) is 30.1. The zero-order valence-corrected chi connectivity index (χ0v) is 12.3. The number of nitrogens with zero attached hydrogens (tertiary/aromatic N) is 3. The van der Waals surface area contributed by atoms with Gasteiger partial charge in [0.25, 0.3) is 5.91 Å². The van der Waals surface area contributed by atoms with Crippen molar-refractivity contribution in [3.63, 3.8) is 0 Å². The van der Waals surface area contributed by atoms with Crippen LogP contribution in [0.1, 0.15) is 49.1 Å². The van der Waals surface area contributed by atoms with Gasteiger partial charge in [-0.15, -0.1) is 5.10 Å². The van der Waals surface area contributed by atoms with Crippen LogP contribution in [-0.4, -0.2) is 51.0 Å². The maximum Gasteiger partial charge on any atom is 0.291 e. The highest BCUT2D eigenvalue weighted by Crippen LogP contribution is 2.31. The lowest BCUT2D eigenvalue weighted by atomic mass is 10.0. The fraction of sp³-hybridized carbons (Fsp3) is 0.714. The molecule has 0 atom stereocenters. The number of hydrogen-bond donors (Lipinski definition) is 2. The Morgan fingerprint density at radius 3 is 2.57 bits per heavy atom. The van der Waals surface area contributed by atoms with Crippen LogP contribution in [0.4, 0.5) is 0 Å². The van der Waals surface area contributed by atoms with Crippen molar-refractivity contribution in [2.45, 2.75) is 45.1 Å². The van der Waals surface area contributed by atoms with Gasteiger partial charge in [0, 0.05) is 31.5 Å². The lowest BCUT2D eigenvalue weighted by Gasteiger charge is -2.32. The number of nitrogens with one attached hydrogen (secondary N) is 2. The number of aryl methyl sites for hydroxylation is 1. The normalized spacial score (nSPS) is 19.6. The maximum absolute atomic E-state index is 12.0. The number of rotatable bonds is 4. The zero-order valence-electron chi connectivity index (χ0n) is 12.3. The molecule has 3 rings (SSSR count). The van der Waals surface area contributed by atoms with Crippen molar-refractivity contribution < 1.29 is 9.59 Å². The van der Waals surface area contributed by atoms with Crippen molar-refractivity contribution in [2.24, 2.45) is 5.92 Å². The Morgan fingerprint density at radius 2 is 2.00 bits per heavy atom. The highest BCUT2D eigenvalue weighted by Gasteiger charge is 2.35. The van der Waals surface area contributed by atoms with Gasteiger partial charge >= 0.3 is 0 Å². The van der Waals surface area contributed by atoms with Crippen molar-refractivity contribution in [1.82, 2.24) is 25.4 Å². The SMILES string of the molecule is CCc1nc(C(=O)NC2CCN(C(=O)C3CC3)CC2)n[nH]1. The molecule has 0 bridgehead atoms. The summed E-state index contributed by atoms with van der Waals surface area (Å²) in [5.74, 6) is 1.24. The molecule has 1 saturated carbocycles. The summed E-state index contributed by atoms with van der Waals surface area (Å²) in [6, 6.07) is 0.101. The minimum Gasteiger partial charge on any atom is -0.346 e. The Bertz CT molecular complexity index is 529. The third-order valence-corrected chi connectivity index (χ3v) is 4.14. The van der Waals surface area contributed by atoms with E-state index in [-0.39, 0.29) is 23.7 Å². The van der Waals surface area contributed by atoms with Crippen LogP contribution >= 0.6 is 0 Å². The third-order valence-electron chi connectivity index (χ3n) is 4.14. The topological polar surface area (TPSA) is 91.0 Å². The standard InChI is InChI=1S/C14H21N5O2/c1-2-11-16-12(18-17-11)13(20)15-10-5-7-19(8-6-10)14(21)9-3-4-9/h9-10H,2-8H2,1H3,(H,15,20)(H,16,17,18). The molecular formula is C14H21N5O2. The lowest BCUT2D eigenvalue weighted by molar-refractivity contribution is -0.133. The largest absolute Gasteiger partial charge is 0.346 e. The number of aromatic amines is 1. The van der Waals surface area contributed by atoms with Gasteiger partial charge in [0.2, 0.25) is 11.7 Å². The fourth-order valence-corrected chi connectivity index (χ4v) is 2.64. The molecule has 7 nitrogen and oxygen atoms in total. The molecule has 1 aromatic rings. The minimum atomic E-state index is -0.238. The summed E-state index contributed by atoms with van der Waals surface area (Å²) in [6.07, 6.45) is 4.41. The van der Waals surface area contributed by atoms with Crippen LogP contribution in [0, 0.1) is 5.92 Å². The molecule has 1 aliphatic heterocycles. The van der Waals surface area contributed by atoms with Crippen LogP contribution < -0.4 is 5.32 Å². The Labute approximate surface area is 123 Å². The number of piperidine rings is 1. The first-order chi connectivity index (χ1) is 10.2. The van der Waals surface area contributed by atoms with Gasteiger partial charge in [-0.3, -0.25) is 14.7 Å². The average Bonchev–Trinajstić information content (AvgIpc) is 3.24. The molecule has 114 valence electrons. The number of H-pyrrole nitrogens is 1. The molecule has 1 aromatic heterocycles. The minimum absolute atomic E-state index is 0.101. The van der Waals surface area contributed by atoms with E-state index in [1.165, 1.54) is 0 Å². The van der Waals surface area contributed by atoms with Gasteiger partial charge in [0.15, 0.2) is 0 Å². The quantitative estimate of drug-likeness (QED) is 0.845. The molecule has 2 heterocycles. The molecule has 1 saturated heterocycles. The Morgan fingerprint density at radius 1 is 1.29 bits per heavy atom. The van der Waals surface area contributed by atoms with Crippen LogP contribution in [0.3, 0.4) is 0 Å². The van der Waals surface area contributed by atoms with Gasteiger partial charge in [-0.1, -0.05) is 6.92 Å². The second-order valence-electron chi connectivity index (χ2n) is 5.81. The van der Waals surface area contributed by atoms with E-state index < -0.39 is 0 Å². The number of carbonyl (C=O) groups excluding carboxylic acids is 2. The number of aromatic nitrogens is 3. The van der Waals surface area contributed by atoms with E-state index in [0.717, 1.165) is 45.2 Å². The summed E-state index contributed by atoms with van der Waals surface area (Å²) in [7, 11) is 0. The molecule has 2 fully saturated rings. The van der Waals surface area contributed by atoms with Crippen molar-refractivity contribution in [2.75, 3.05) is 13.1 Å². The van der Waals surface area contributed by atoms with Gasteiger partial charge in [0.05, 0.1) is 0 Å². The first-order valence-corrected chi connectivity index (χ1v) is 7.68. The molecule has 21 heavy (non-hydrogen) atoms. The van der Waals surface area contributed by atoms with Crippen molar-refractivity contribution in [1.29, 1.82) is 0 Å². The molecule has 2 N–H and O–H groups in total. The Kier molecular flexibility index (Phi) is 3.90. The summed E-state index contributed by atoms with van der Waals surface area (Å²) in [5, 5.41) is 9.61. The molecule has 0 unspecified atom stereocenters. The first-order valence-electron chi connectivity index (χ1n) is 7.68. The van der Waals surface area contributed by atoms with Crippen LogP contribution in [-0.2, 0) is 11.2 Å². The highest BCUT2D eigenvalue weighted by atomic mass is 16.2. The number of amides is 2. The van der Waals surface area contributed by atoms with E-state index in [0.29, 0.717) is 11.7 Å². The summed E-state index contributed by atoms with van der Waals surface area (Å²) >= 11 is 0. The smallest absolute Gasteiger partial charge is 0.291 e. The molecule has 0 radical (unpaired) electrons. The van der Waals surface area contributed by atoms with E-state index in [9.17, 15) is 9.59 Å². The maximum atomic E-state index is 12.0. The monoisotopic (exact) mass is 291 g/mol. The van der Waals surface area contributed by atoms with Crippen molar-refractivity contribution in [3.8, 4) is 0 Å². The van der Waals surface area contributed by atoms with E-state index in [1.807, 2.05) is 11.8 Å². The zero-order chi connectivity index (χ0) is 14.8. The van der Waals surface area contributed by atoms with Crippen molar-refractivity contribution >= 4 is 11.8 Å². The average molecular weight is 291 g/mol. The molecule has 2 aliphatic rings. The van der Waals surface area contributed by atoms with Crippen molar-refractivity contribution in [3.05, 3.63) is 11.6 Å². The summed E-state index contributed by atoms with van der Waals surface area (Å²) < 4.78 is 0. The third kappa shape index (κ3) is 3.22. The van der Waals surface area contributed by atoms with E-state index >= 15 is 0 Å². The Balaban J connectivity index is 1.48. The van der Waals surface area contributed by atoms with Gasteiger partial charge in [-0.25, -0.2) is 4.98 Å².